The quantitative estimate of drug-likeness (QED) is 0.726. The third-order valence-electron chi connectivity index (χ3n) is 3.46. The summed E-state index contributed by atoms with van der Waals surface area (Å²) in [6, 6.07) is 12.3. The van der Waals surface area contributed by atoms with Crippen LogP contribution in [0.4, 0.5) is 0 Å². The van der Waals surface area contributed by atoms with Gasteiger partial charge < -0.3 is 0 Å². The van der Waals surface area contributed by atoms with E-state index in [1.54, 1.807) is 12.1 Å². The molecule has 0 saturated carbocycles. The van der Waals surface area contributed by atoms with Crippen molar-refractivity contribution in [3.8, 4) is 0 Å². The summed E-state index contributed by atoms with van der Waals surface area (Å²) < 4.78 is 27.5. The molecule has 0 radical (unpaired) electrons. The van der Waals surface area contributed by atoms with Gasteiger partial charge in [-0.1, -0.05) is 44.0 Å². The highest BCUT2D eigenvalue weighted by Crippen LogP contribution is 2.32. The van der Waals surface area contributed by atoms with Crippen LogP contribution in [0.25, 0.3) is 0 Å². The first-order chi connectivity index (χ1) is 10.4. The highest BCUT2D eigenvalue weighted by molar-refractivity contribution is 9.10. The van der Waals surface area contributed by atoms with E-state index >= 15 is 0 Å². The number of hydrogen-bond donors (Lipinski definition) is 0. The minimum Gasteiger partial charge on any atom is -0.268 e. The molecule has 22 heavy (non-hydrogen) atoms. The molecule has 1 aliphatic rings. The van der Waals surface area contributed by atoms with Crippen LogP contribution < -0.4 is 0 Å². The zero-order valence-corrected chi connectivity index (χ0v) is 15.3. The molecule has 3 rings (SSSR count). The molecular weight excluding hydrogens is 434 g/mol. The summed E-state index contributed by atoms with van der Waals surface area (Å²) in [6.45, 7) is 0.129. The van der Waals surface area contributed by atoms with Gasteiger partial charge in [0.2, 0.25) is 0 Å². The lowest BCUT2D eigenvalue weighted by Gasteiger charge is -2.15. The molecule has 0 bridgehead atoms. The van der Waals surface area contributed by atoms with Gasteiger partial charge in [-0.15, -0.1) is 0 Å². The lowest BCUT2D eigenvalue weighted by molar-refractivity contribution is 0.0872. The Morgan fingerprint density at radius 1 is 1.00 bits per heavy atom. The van der Waals surface area contributed by atoms with Crippen LogP contribution in [0.1, 0.15) is 15.9 Å². The van der Waals surface area contributed by atoms with E-state index in [0.29, 0.717) is 10.9 Å². The predicted octanol–water partition coefficient (Wildman–Crippen LogP) is 3.60. The van der Waals surface area contributed by atoms with Crippen LogP contribution >= 0.6 is 31.9 Å². The largest absolute Gasteiger partial charge is 0.269 e. The Hall–Kier alpha value is -1.18. The van der Waals surface area contributed by atoms with E-state index in [4.69, 9.17) is 0 Å². The van der Waals surface area contributed by atoms with Crippen molar-refractivity contribution in [3.63, 3.8) is 0 Å². The number of amides is 1. The third-order valence-corrected chi connectivity index (χ3v) is 6.27. The van der Waals surface area contributed by atoms with Crippen LogP contribution in [0.5, 0.6) is 0 Å². The molecule has 7 heteroatoms. The summed E-state index contributed by atoms with van der Waals surface area (Å²) in [5.41, 5.74) is 1.20. The second-order valence-corrected chi connectivity index (χ2v) is 8.56. The Balaban J connectivity index is 1.88. The minimum atomic E-state index is -3.76. The highest BCUT2D eigenvalue weighted by Gasteiger charge is 2.40. The van der Waals surface area contributed by atoms with E-state index in [1.165, 1.54) is 6.07 Å². The van der Waals surface area contributed by atoms with Gasteiger partial charge in [-0.3, -0.25) is 4.79 Å². The van der Waals surface area contributed by atoms with Crippen molar-refractivity contribution < 1.29 is 13.2 Å². The molecule has 4 nitrogen and oxygen atoms in total. The van der Waals surface area contributed by atoms with Gasteiger partial charge in [0.1, 0.15) is 4.90 Å². The molecule has 0 aromatic heterocycles. The molecule has 0 atom stereocenters. The molecule has 0 aliphatic carbocycles. The van der Waals surface area contributed by atoms with Crippen LogP contribution in [0.15, 0.2) is 56.3 Å². The van der Waals surface area contributed by atoms with Crippen molar-refractivity contribution in [2.24, 2.45) is 0 Å². The summed E-state index contributed by atoms with van der Waals surface area (Å²) in [5.74, 6) is -0.461. The van der Waals surface area contributed by atoms with Crippen molar-refractivity contribution in [2.45, 2.75) is 11.3 Å². The lowest BCUT2D eigenvalue weighted by atomic mass is 10.1. The maximum Gasteiger partial charge on any atom is 0.269 e. The second-order valence-electron chi connectivity index (χ2n) is 4.90. The van der Waals surface area contributed by atoms with Crippen molar-refractivity contribution in [1.29, 1.82) is 0 Å². The van der Waals surface area contributed by atoms with Gasteiger partial charge in [0, 0.05) is 15.5 Å². The van der Waals surface area contributed by atoms with Crippen molar-refractivity contribution in [3.05, 3.63) is 62.5 Å². The summed E-state index contributed by atoms with van der Waals surface area (Å²) >= 11 is 6.62. The van der Waals surface area contributed by atoms with Crippen LogP contribution in [0.2, 0.25) is 0 Å². The zero-order valence-electron chi connectivity index (χ0n) is 11.3. The van der Waals surface area contributed by atoms with Crippen LogP contribution in [0.3, 0.4) is 0 Å². The van der Waals surface area contributed by atoms with Crippen molar-refractivity contribution in [1.82, 2.24) is 4.31 Å². The molecule has 0 saturated heterocycles. The van der Waals surface area contributed by atoms with Crippen LogP contribution in [-0.4, -0.2) is 25.2 Å². The molecule has 2 aromatic rings. The van der Waals surface area contributed by atoms with E-state index in [2.05, 4.69) is 31.9 Å². The molecular formula is C15H11Br2NO3S. The number of nitrogens with zero attached hydrogens (tertiary/aromatic N) is 1. The van der Waals surface area contributed by atoms with E-state index < -0.39 is 15.9 Å². The van der Waals surface area contributed by atoms with Gasteiger partial charge in [-0.2, -0.15) is 0 Å². The average Bonchev–Trinajstić information content (AvgIpc) is 2.64. The molecule has 2 aromatic carbocycles. The number of halogens is 2. The van der Waals surface area contributed by atoms with Gasteiger partial charge in [0.05, 0.1) is 5.56 Å². The van der Waals surface area contributed by atoms with Gasteiger partial charge in [0.25, 0.3) is 15.9 Å². The molecule has 0 fully saturated rings. The Morgan fingerprint density at radius 2 is 1.73 bits per heavy atom. The number of sulfonamides is 1. The van der Waals surface area contributed by atoms with Crippen LogP contribution in [-0.2, 0) is 16.4 Å². The van der Waals surface area contributed by atoms with E-state index in [-0.39, 0.29) is 17.0 Å². The normalized spacial score (nSPS) is 15.9. The SMILES string of the molecule is O=C1c2ccc(Br)cc2S(=O)(=O)N1CCc1cccc(Br)c1. The van der Waals surface area contributed by atoms with E-state index in [1.807, 2.05) is 24.3 Å². The predicted molar refractivity (Wildman–Crippen MR) is 90.2 cm³/mol. The third kappa shape index (κ3) is 2.73. The number of rotatable bonds is 3. The van der Waals surface area contributed by atoms with Crippen molar-refractivity contribution >= 4 is 47.8 Å². The Bertz CT molecular complexity index is 865. The molecule has 114 valence electrons. The monoisotopic (exact) mass is 443 g/mol. The fourth-order valence-electron chi connectivity index (χ4n) is 2.39. The Labute approximate surface area is 145 Å². The molecule has 1 amide bonds. The molecule has 0 spiro atoms. The summed E-state index contributed by atoms with van der Waals surface area (Å²) in [5, 5.41) is 0. The Kier molecular flexibility index (Phi) is 4.13. The molecule has 0 unspecified atom stereocenters. The molecule has 1 heterocycles. The smallest absolute Gasteiger partial charge is 0.268 e. The number of carbonyl (C=O) groups is 1. The van der Waals surface area contributed by atoms with E-state index in [9.17, 15) is 13.2 Å². The van der Waals surface area contributed by atoms with Gasteiger partial charge >= 0.3 is 0 Å². The number of hydrogen-bond acceptors (Lipinski definition) is 3. The zero-order chi connectivity index (χ0) is 15.9. The minimum absolute atomic E-state index is 0.0705. The van der Waals surface area contributed by atoms with Crippen LogP contribution in [0, 0.1) is 0 Å². The number of benzene rings is 2. The maximum atomic E-state index is 12.5. The first-order valence-corrected chi connectivity index (χ1v) is 9.53. The highest BCUT2D eigenvalue weighted by atomic mass is 79.9. The van der Waals surface area contributed by atoms with Gasteiger partial charge in [-0.05, 0) is 42.3 Å². The molecule has 0 N–H and O–H groups in total. The topological polar surface area (TPSA) is 54.5 Å². The summed E-state index contributed by atoms with van der Waals surface area (Å²) in [6.07, 6.45) is 0.472. The molecule has 1 aliphatic heterocycles. The van der Waals surface area contributed by atoms with Gasteiger partial charge in [0.15, 0.2) is 0 Å². The average molecular weight is 445 g/mol. The fraction of sp³-hybridized carbons (Fsp3) is 0.133. The second kappa shape index (κ2) is 5.79. The maximum absolute atomic E-state index is 12.5. The first kappa shape index (κ1) is 15.7. The number of fused-ring (bicyclic) bond motifs is 1. The first-order valence-electron chi connectivity index (χ1n) is 6.50. The summed E-state index contributed by atoms with van der Waals surface area (Å²) in [4.78, 5) is 12.4. The Morgan fingerprint density at radius 3 is 2.45 bits per heavy atom. The standard InChI is InChI=1S/C15H11Br2NO3S/c16-11-3-1-2-10(8-11)6-7-18-15(19)13-5-4-12(17)9-14(13)22(18,20)21/h1-5,8-9H,6-7H2. The van der Waals surface area contributed by atoms with Gasteiger partial charge in [-0.25, -0.2) is 12.7 Å². The number of carbonyl (C=O) groups excluding carboxylic acids is 1. The fourth-order valence-corrected chi connectivity index (χ4v) is 4.95. The lowest BCUT2D eigenvalue weighted by Crippen LogP contribution is -2.32. The van der Waals surface area contributed by atoms with Crippen molar-refractivity contribution in [2.75, 3.05) is 6.54 Å². The van der Waals surface area contributed by atoms with E-state index in [0.717, 1.165) is 14.3 Å². The summed E-state index contributed by atoms with van der Waals surface area (Å²) in [7, 11) is -3.76.